The van der Waals surface area contributed by atoms with Crippen molar-refractivity contribution in [1.29, 1.82) is 0 Å². The molecule has 3 rings (SSSR count). The van der Waals surface area contributed by atoms with Gasteiger partial charge in [-0.25, -0.2) is 4.79 Å². The van der Waals surface area contributed by atoms with Crippen LogP contribution in [0.25, 0.3) is 10.9 Å². The fraction of sp³-hybridized carbons (Fsp3) is 0.118. The molecule has 106 valence electrons. The van der Waals surface area contributed by atoms with Crippen molar-refractivity contribution in [1.82, 2.24) is 4.57 Å². The summed E-state index contributed by atoms with van der Waals surface area (Å²) in [6.07, 6.45) is 1.97. The Bertz CT molecular complexity index is 788. The van der Waals surface area contributed by atoms with Crippen molar-refractivity contribution in [3.63, 3.8) is 0 Å². The van der Waals surface area contributed by atoms with Crippen LogP contribution < -0.4 is 5.90 Å². The molecule has 0 bridgehead atoms. The highest BCUT2D eigenvalue weighted by molar-refractivity contribution is 6.03. The van der Waals surface area contributed by atoms with Crippen LogP contribution in [-0.4, -0.2) is 10.5 Å². The third-order valence-electron chi connectivity index (χ3n) is 3.59. The normalized spacial score (nSPS) is 10.8. The summed E-state index contributed by atoms with van der Waals surface area (Å²) < 4.78 is 2.03. The van der Waals surface area contributed by atoms with E-state index in [0.29, 0.717) is 12.1 Å². The Balaban J connectivity index is 2.06. The topological polar surface area (TPSA) is 57.2 Å². The molecule has 1 heterocycles. The molecule has 0 saturated carbocycles. The van der Waals surface area contributed by atoms with Gasteiger partial charge in [0, 0.05) is 18.1 Å². The summed E-state index contributed by atoms with van der Waals surface area (Å²) >= 11 is 0. The van der Waals surface area contributed by atoms with Crippen molar-refractivity contribution in [3.05, 3.63) is 71.4 Å². The molecular formula is C17H16N2O2. The van der Waals surface area contributed by atoms with E-state index in [-0.39, 0.29) is 0 Å². The summed E-state index contributed by atoms with van der Waals surface area (Å²) in [7, 11) is 0. The molecule has 0 radical (unpaired) electrons. The lowest BCUT2D eigenvalue weighted by atomic mass is 10.1. The molecule has 0 saturated heterocycles. The lowest BCUT2D eigenvalue weighted by Gasteiger charge is -2.09. The molecule has 0 fully saturated rings. The number of aromatic nitrogens is 1. The number of nitrogens with zero attached hydrogens (tertiary/aromatic N) is 1. The zero-order chi connectivity index (χ0) is 14.8. The molecule has 0 unspecified atom stereocenters. The molecule has 0 spiro atoms. The average Bonchev–Trinajstić information content (AvgIpc) is 2.92. The number of carbonyl (C=O) groups excluding carboxylic acids is 1. The van der Waals surface area contributed by atoms with Gasteiger partial charge in [-0.2, -0.15) is 5.90 Å². The largest absolute Gasteiger partial charge is 0.370 e. The zero-order valence-electron chi connectivity index (χ0n) is 11.7. The first-order valence-corrected chi connectivity index (χ1v) is 6.73. The van der Waals surface area contributed by atoms with Gasteiger partial charge in [-0.15, -0.1) is 0 Å². The Labute approximate surface area is 122 Å². The van der Waals surface area contributed by atoms with Crippen LogP contribution in [0.5, 0.6) is 0 Å². The lowest BCUT2D eigenvalue weighted by Crippen LogP contribution is -2.12. The molecule has 4 nitrogen and oxygen atoms in total. The summed E-state index contributed by atoms with van der Waals surface area (Å²) in [5.74, 6) is 4.50. The van der Waals surface area contributed by atoms with Crippen molar-refractivity contribution in [2.45, 2.75) is 13.5 Å². The van der Waals surface area contributed by atoms with Gasteiger partial charge in [0.2, 0.25) is 0 Å². The number of hydrogen-bond donors (Lipinski definition) is 1. The Morgan fingerprint density at radius 2 is 1.90 bits per heavy atom. The van der Waals surface area contributed by atoms with Crippen LogP contribution >= 0.6 is 0 Å². The zero-order valence-corrected chi connectivity index (χ0v) is 11.7. The Kier molecular flexibility index (Phi) is 3.46. The smallest absolute Gasteiger partial charge is 0.358 e. The number of rotatable bonds is 3. The number of fused-ring (bicyclic) bond motifs is 1. The van der Waals surface area contributed by atoms with Gasteiger partial charge >= 0.3 is 5.97 Å². The van der Waals surface area contributed by atoms with E-state index in [4.69, 9.17) is 5.90 Å². The Morgan fingerprint density at radius 1 is 1.14 bits per heavy atom. The lowest BCUT2D eigenvalue weighted by molar-refractivity contribution is 0.0505. The van der Waals surface area contributed by atoms with Crippen LogP contribution in [0.4, 0.5) is 0 Å². The van der Waals surface area contributed by atoms with E-state index < -0.39 is 5.97 Å². The van der Waals surface area contributed by atoms with Gasteiger partial charge in [0.15, 0.2) is 0 Å². The van der Waals surface area contributed by atoms with Gasteiger partial charge in [-0.3, -0.25) is 0 Å². The molecular weight excluding hydrogens is 264 g/mol. The predicted molar refractivity (Wildman–Crippen MR) is 81.8 cm³/mol. The molecule has 0 atom stereocenters. The van der Waals surface area contributed by atoms with Gasteiger partial charge in [0.25, 0.3) is 0 Å². The molecule has 21 heavy (non-hydrogen) atoms. The summed E-state index contributed by atoms with van der Waals surface area (Å²) in [6.45, 7) is 2.75. The van der Waals surface area contributed by atoms with Gasteiger partial charge in [0.05, 0.1) is 11.1 Å². The molecule has 3 aromatic rings. The average molecular weight is 280 g/mol. The minimum Gasteiger partial charge on any atom is -0.370 e. The predicted octanol–water partition coefficient (Wildman–Crippen LogP) is 3.03. The van der Waals surface area contributed by atoms with E-state index in [2.05, 4.69) is 36.0 Å². The highest BCUT2D eigenvalue weighted by Crippen LogP contribution is 2.22. The number of nitrogens with two attached hydrogens (primary N) is 1. The SMILES string of the molecule is Cc1ccc(Cn2ccc3cccc(C(=O)ON)c32)cc1. The van der Waals surface area contributed by atoms with Gasteiger partial charge in [-0.1, -0.05) is 42.0 Å². The first-order valence-electron chi connectivity index (χ1n) is 6.73. The minimum absolute atomic E-state index is 0.479. The number of hydrogen-bond acceptors (Lipinski definition) is 3. The molecule has 0 aliphatic heterocycles. The molecule has 2 aromatic carbocycles. The molecule has 0 aliphatic rings. The van der Waals surface area contributed by atoms with Crippen molar-refractivity contribution in [3.8, 4) is 0 Å². The molecule has 4 heteroatoms. The minimum atomic E-state index is -0.524. The van der Waals surface area contributed by atoms with Crippen molar-refractivity contribution < 1.29 is 9.63 Å². The van der Waals surface area contributed by atoms with Crippen LogP contribution in [0.15, 0.2) is 54.7 Å². The Hall–Kier alpha value is -2.59. The maximum absolute atomic E-state index is 11.8. The molecule has 2 N–H and O–H groups in total. The van der Waals surface area contributed by atoms with E-state index in [0.717, 1.165) is 10.9 Å². The van der Waals surface area contributed by atoms with E-state index >= 15 is 0 Å². The number of carbonyl (C=O) groups is 1. The molecule has 1 aromatic heterocycles. The molecule has 0 aliphatic carbocycles. The second-order valence-corrected chi connectivity index (χ2v) is 5.08. The first-order chi connectivity index (χ1) is 10.2. The van der Waals surface area contributed by atoms with Crippen LogP contribution in [0.3, 0.4) is 0 Å². The summed E-state index contributed by atoms with van der Waals surface area (Å²) in [6, 6.07) is 15.8. The van der Waals surface area contributed by atoms with Crippen LogP contribution in [-0.2, 0) is 11.4 Å². The van der Waals surface area contributed by atoms with Crippen LogP contribution in [0.1, 0.15) is 21.5 Å². The standard InChI is InChI=1S/C17H16N2O2/c1-12-5-7-13(8-6-12)11-19-10-9-14-3-2-4-15(16(14)19)17(20)21-18/h2-10H,11,18H2,1H3. The third-order valence-corrected chi connectivity index (χ3v) is 3.59. The molecule has 0 amide bonds. The van der Waals surface area contributed by atoms with Gasteiger partial charge in [-0.05, 0) is 24.6 Å². The quantitative estimate of drug-likeness (QED) is 0.750. The fourth-order valence-corrected chi connectivity index (χ4v) is 2.51. The van der Waals surface area contributed by atoms with E-state index in [1.807, 2.05) is 29.0 Å². The van der Waals surface area contributed by atoms with E-state index in [1.54, 1.807) is 6.07 Å². The van der Waals surface area contributed by atoms with Crippen molar-refractivity contribution >= 4 is 16.9 Å². The maximum Gasteiger partial charge on any atom is 0.358 e. The van der Waals surface area contributed by atoms with Crippen LogP contribution in [0.2, 0.25) is 0 Å². The van der Waals surface area contributed by atoms with Gasteiger partial charge in [0.1, 0.15) is 0 Å². The third kappa shape index (κ3) is 2.53. The second kappa shape index (κ2) is 5.42. The summed E-state index contributed by atoms with van der Waals surface area (Å²) in [5, 5.41) is 0.991. The number of para-hydroxylation sites is 1. The Morgan fingerprint density at radius 3 is 2.62 bits per heavy atom. The number of benzene rings is 2. The highest BCUT2D eigenvalue weighted by atomic mass is 16.7. The van der Waals surface area contributed by atoms with E-state index in [9.17, 15) is 4.79 Å². The highest BCUT2D eigenvalue weighted by Gasteiger charge is 2.14. The van der Waals surface area contributed by atoms with Crippen molar-refractivity contribution in [2.24, 2.45) is 5.90 Å². The van der Waals surface area contributed by atoms with Gasteiger partial charge < -0.3 is 9.40 Å². The number of aryl methyl sites for hydroxylation is 1. The summed E-state index contributed by atoms with van der Waals surface area (Å²) in [5.41, 5.74) is 3.72. The van der Waals surface area contributed by atoms with Crippen molar-refractivity contribution in [2.75, 3.05) is 0 Å². The van der Waals surface area contributed by atoms with Crippen LogP contribution in [0, 0.1) is 6.92 Å². The summed E-state index contributed by atoms with van der Waals surface area (Å²) in [4.78, 5) is 16.2. The fourth-order valence-electron chi connectivity index (χ4n) is 2.51. The maximum atomic E-state index is 11.8. The monoisotopic (exact) mass is 280 g/mol. The second-order valence-electron chi connectivity index (χ2n) is 5.08. The first kappa shape index (κ1) is 13.4. The van der Waals surface area contributed by atoms with E-state index in [1.165, 1.54) is 11.1 Å².